The van der Waals surface area contributed by atoms with Crippen molar-refractivity contribution in [3.8, 4) is 0 Å². The first-order valence-electron chi connectivity index (χ1n) is 3.95. The molecule has 3 N–H and O–H groups in total. The van der Waals surface area contributed by atoms with E-state index in [1.165, 1.54) is 0 Å². The lowest BCUT2D eigenvalue weighted by atomic mass is 9.89. The van der Waals surface area contributed by atoms with E-state index in [2.05, 4.69) is 0 Å². The van der Waals surface area contributed by atoms with Gasteiger partial charge in [0.15, 0.2) is 0 Å². The molecule has 0 saturated heterocycles. The molecule has 62 valence electrons. The van der Waals surface area contributed by atoms with E-state index in [0.29, 0.717) is 12.8 Å². The van der Waals surface area contributed by atoms with Gasteiger partial charge in [-0.25, -0.2) is 0 Å². The van der Waals surface area contributed by atoms with Gasteiger partial charge in [-0.05, 0) is 19.8 Å². The predicted molar refractivity (Wildman–Crippen MR) is 46.1 cm³/mol. The van der Waals surface area contributed by atoms with Crippen LogP contribution >= 0.6 is 0 Å². The third kappa shape index (κ3) is 2.48. The van der Waals surface area contributed by atoms with Gasteiger partial charge >= 0.3 is 0 Å². The summed E-state index contributed by atoms with van der Waals surface area (Å²) >= 11 is 0. The fourth-order valence-corrected chi connectivity index (χ4v) is 1.36. The third-order valence-corrected chi connectivity index (χ3v) is 1.80. The van der Waals surface area contributed by atoms with Crippen molar-refractivity contribution >= 4 is 0 Å². The monoisotopic (exact) mass is 153 g/mol. The predicted octanol–water partition coefficient (Wildman–Crippen LogP) is 0.971. The average Bonchev–Trinajstić information content (AvgIpc) is 1.85. The molecule has 0 heterocycles. The van der Waals surface area contributed by atoms with Crippen molar-refractivity contribution in [3.63, 3.8) is 0 Å². The highest BCUT2D eigenvalue weighted by molar-refractivity contribution is 5.18. The van der Waals surface area contributed by atoms with Gasteiger partial charge in [0.1, 0.15) is 0 Å². The Labute approximate surface area is 67.4 Å². The minimum Gasteiger partial charge on any atom is -0.385 e. The average molecular weight is 153 g/mol. The van der Waals surface area contributed by atoms with E-state index >= 15 is 0 Å². The molecule has 1 aliphatic rings. The zero-order valence-corrected chi connectivity index (χ0v) is 6.83. The standard InChI is InChI=1S/C9H15NO/c1-8(10)7-9(11)5-3-2-4-6-9/h2-5,8,11H,6-7,10H2,1H3/t8-,9-/m1/s1. The molecule has 2 heteroatoms. The maximum atomic E-state index is 9.82. The Morgan fingerprint density at radius 3 is 2.82 bits per heavy atom. The molecule has 0 spiro atoms. The summed E-state index contributed by atoms with van der Waals surface area (Å²) in [7, 11) is 0. The molecule has 0 aromatic carbocycles. The summed E-state index contributed by atoms with van der Waals surface area (Å²) in [5.41, 5.74) is 4.90. The molecule has 0 saturated carbocycles. The highest BCUT2D eigenvalue weighted by Gasteiger charge is 2.24. The number of aliphatic hydroxyl groups is 1. The number of hydrogen-bond donors (Lipinski definition) is 2. The van der Waals surface area contributed by atoms with Crippen molar-refractivity contribution in [2.45, 2.75) is 31.4 Å². The fraction of sp³-hybridized carbons (Fsp3) is 0.556. The molecule has 0 bridgehead atoms. The van der Waals surface area contributed by atoms with Gasteiger partial charge in [0, 0.05) is 6.04 Å². The molecule has 11 heavy (non-hydrogen) atoms. The van der Waals surface area contributed by atoms with Crippen LogP contribution in [0.1, 0.15) is 19.8 Å². The van der Waals surface area contributed by atoms with Crippen LogP contribution in [0.2, 0.25) is 0 Å². The molecular formula is C9H15NO. The zero-order chi connectivity index (χ0) is 8.32. The van der Waals surface area contributed by atoms with Crippen molar-refractivity contribution in [3.05, 3.63) is 24.3 Å². The Bertz CT molecular complexity index is 184. The first kappa shape index (κ1) is 8.50. The maximum Gasteiger partial charge on any atom is 0.0879 e. The quantitative estimate of drug-likeness (QED) is 0.621. The molecule has 2 atom stereocenters. The lowest BCUT2D eigenvalue weighted by molar-refractivity contribution is 0.0777. The van der Waals surface area contributed by atoms with Crippen molar-refractivity contribution in [2.75, 3.05) is 0 Å². The topological polar surface area (TPSA) is 46.2 Å². The van der Waals surface area contributed by atoms with Gasteiger partial charge in [-0.2, -0.15) is 0 Å². The highest BCUT2D eigenvalue weighted by Crippen LogP contribution is 2.22. The van der Waals surface area contributed by atoms with E-state index in [-0.39, 0.29) is 6.04 Å². The molecule has 0 aromatic rings. The Kier molecular flexibility index (Phi) is 2.47. The SMILES string of the molecule is C[C@@H](N)C[C@@]1(O)C=CC=CC1. The van der Waals surface area contributed by atoms with Crippen LogP contribution in [0.15, 0.2) is 24.3 Å². The first-order valence-corrected chi connectivity index (χ1v) is 3.95. The normalized spacial score (nSPS) is 32.3. The van der Waals surface area contributed by atoms with E-state index < -0.39 is 5.60 Å². The van der Waals surface area contributed by atoms with E-state index in [1.807, 2.05) is 31.2 Å². The number of nitrogens with two attached hydrogens (primary N) is 1. The van der Waals surface area contributed by atoms with Gasteiger partial charge in [-0.15, -0.1) is 0 Å². The number of hydrogen-bond acceptors (Lipinski definition) is 2. The molecule has 0 aliphatic heterocycles. The Balaban J connectivity index is 2.54. The summed E-state index contributed by atoms with van der Waals surface area (Å²) in [4.78, 5) is 0. The van der Waals surface area contributed by atoms with Crippen LogP contribution in [-0.4, -0.2) is 16.7 Å². The van der Waals surface area contributed by atoms with Crippen LogP contribution < -0.4 is 5.73 Å². The maximum absolute atomic E-state index is 9.82. The smallest absolute Gasteiger partial charge is 0.0879 e. The van der Waals surface area contributed by atoms with Crippen LogP contribution in [0, 0.1) is 0 Å². The molecule has 1 aliphatic carbocycles. The van der Waals surface area contributed by atoms with Crippen LogP contribution in [0.25, 0.3) is 0 Å². The van der Waals surface area contributed by atoms with Gasteiger partial charge in [0.05, 0.1) is 5.60 Å². The van der Waals surface area contributed by atoms with Gasteiger partial charge in [0.2, 0.25) is 0 Å². The van der Waals surface area contributed by atoms with Crippen LogP contribution in [-0.2, 0) is 0 Å². The Hall–Kier alpha value is -0.600. The van der Waals surface area contributed by atoms with E-state index in [9.17, 15) is 5.11 Å². The molecule has 0 amide bonds. The van der Waals surface area contributed by atoms with Crippen molar-refractivity contribution in [1.82, 2.24) is 0 Å². The van der Waals surface area contributed by atoms with Crippen LogP contribution in [0.5, 0.6) is 0 Å². The number of rotatable bonds is 2. The minimum absolute atomic E-state index is 0.0520. The van der Waals surface area contributed by atoms with E-state index in [0.717, 1.165) is 0 Å². The molecule has 0 fully saturated rings. The molecule has 2 nitrogen and oxygen atoms in total. The lowest BCUT2D eigenvalue weighted by Gasteiger charge is -2.26. The molecule has 1 rings (SSSR count). The lowest BCUT2D eigenvalue weighted by Crippen LogP contribution is -2.34. The van der Waals surface area contributed by atoms with Crippen molar-refractivity contribution < 1.29 is 5.11 Å². The summed E-state index contributed by atoms with van der Waals surface area (Å²) in [6.07, 6.45) is 8.90. The fourth-order valence-electron chi connectivity index (χ4n) is 1.36. The highest BCUT2D eigenvalue weighted by atomic mass is 16.3. The molecule has 0 aromatic heterocycles. The van der Waals surface area contributed by atoms with Crippen LogP contribution in [0.3, 0.4) is 0 Å². The first-order chi connectivity index (χ1) is 5.12. The van der Waals surface area contributed by atoms with Gasteiger partial charge < -0.3 is 10.8 Å². The summed E-state index contributed by atoms with van der Waals surface area (Å²) in [5.74, 6) is 0. The second-order valence-corrected chi connectivity index (χ2v) is 3.28. The Morgan fingerprint density at radius 1 is 1.64 bits per heavy atom. The van der Waals surface area contributed by atoms with Crippen LogP contribution in [0.4, 0.5) is 0 Å². The second-order valence-electron chi connectivity index (χ2n) is 3.28. The molecule has 0 radical (unpaired) electrons. The van der Waals surface area contributed by atoms with Crippen molar-refractivity contribution in [1.29, 1.82) is 0 Å². The molecule has 0 unspecified atom stereocenters. The van der Waals surface area contributed by atoms with E-state index in [1.54, 1.807) is 0 Å². The summed E-state index contributed by atoms with van der Waals surface area (Å²) in [5, 5.41) is 9.82. The summed E-state index contributed by atoms with van der Waals surface area (Å²) in [6, 6.07) is 0.0520. The third-order valence-electron chi connectivity index (χ3n) is 1.80. The summed E-state index contributed by atoms with van der Waals surface area (Å²) < 4.78 is 0. The van der Waals surface area contributed by atoms with Crippen molar-refractivity contribution in [2.24, 2.45) is 5.73 Å². The largest absolute Gasteiger partial charge is 0.385 e. The van der Waals surface area contributed by atoms with Gasteiger partial charge in [0.25, 0.3) is 0 Å². The minimum atomic E-state index is -0.692. The van der Waals surface area contributed by atoms with Gasteiger partial charge in [-0.1, -0.05) is 24.3 Å². The zero-order valence-electron chi connectivity index (χ0n) is 6.83. The Morgan fingerprint density at radius 2 is 2.36 bits per heavy atom. The second kappa shape index (κ2) is 3.20. The summed E-state index contributed by atoms with van der Waals surface area (Å²) in [6.45, 7) is 1.91. The number of allylic oxidation sites excluding steroid dienone is 2. The van der Waals surface area contributed by atoms with E-state index in [4.69, 9.17) is 5.73 Å². The van der Waals surface area contributed by atoms with Gasteiger partial charge in [-0.3, -0.25) is 0 Å². The molecular weight excluding hydrogens is 138 g/mol.